The van der Waals surface area contributed by atoms with E-state index in [0.29, 0.717) is 0 Å². The number of rotatable bonds is 5. The molecule has 138 valence electrons. The summed E-state index contributed by atoms with van der Waals surface area (Å²) in [6.45, 7) is 4.88. The zero-order valence-corrected chi connectivity index (χ0v) is 17.7. The Bertz CT molecular complexity index is 735. The number of anilines is 1. The van der Waals surface area contributed by atoms with Crippen molar-refractivity contribution in [2.45, 2.75) is 19.5 Å². The second-order valence-electron chi connectivity index (χ2n) is 6.25. The molecule has 0 spiro atoms. The summed E-state index contributed by atoms with van der Waals surface area (Å²) in [5.74, 6) is 0.810. The van der Waals surface area contributed by atoms with Crippen molar-refractivity contribution in [1.82, 2.24) is 10.6 Å². The predicted molar refractivity (Wildman–Crippen MR) is 121 cm³/mol. The van der Waals surface area contributed by atoms with E-state index in [-0.39, 0.29) is 30.0 Å². The van der Waals surface area contributed by atoms with Crippen molar-refractivity contribution in [3.8, 4) is 0 Å². The molecule has 4 nitrogen and oxygen atoms in total. The summed E-state index contributed by atoms with van der Waals surface area (Å²) in [7, 11) is 1.80. The quantitative estimate of drug-likeness (QED) is 0.304. The first-order valence-electron chi connectivity index (χ1n) is 8.77. The Labute approximate surface area is 173 Å². The molecule has 1 heterocycles. The molecule has 1 aliphatic heterocycles. The first-order chi connectivity index (χ1) is 12.3. The number of guanidine groups is 1. The van der Waals surface area contributed by atoms with Crippen LogP contribution in [0.25, 0.3) is 0 Å². The topological polar surface area (TPSA) is 39.7 Å². The number of nitrogens with one attached hydrogen (secondary N) is 2. The number of nitrogens with zero attached hydrogens (tertiary/aromatic N) is 2. The fourth-order valence-electron chi connectivity index (χ4n) is 2.96. The van der Waals surface area contributed by atoms with E-state index >= 15 is 0 Å². The Hall–Kier alpha value is -2.02. The van der Waals surface area contributed by atoms with Gasteiger partial charge in [0.1, 0.15) is 0 Å². The average molecular weight is 462 g/mol. The van der Waals surface area contributed by atoms with Crippen LogP contribution in [0.15, 0.2) is 71.7 Å². The van der Waals surface area contributed by atoms with Gasteiger partial charge in [-0.2, -0.15) is 0 Å². The summed E-state index contributed by atoms with van der Waals surface area (Å²) >= 11 is 0. The van der Waals surface area contributed by atoms with Crippen molar-refractivity contribution in [3.63, 3.8) is 0 Å². The van der Waals surface area contributed by atoms with Crippen molar-refractivity contribution in [3.05, 3.63) is 77.9 Å². The van der Waals surface area contributed by atoms with Gasteiger partial charge in [-0.1, -0.05) is 54.6 Å². The lowest BCUT2D eigenvalue weighted by Crippen LogP contribution is -2.38. The van der Waals surface area contributed by atoms with E-state index in [0.717, 1.165) is 25.6 Å². The molecule has 0 amide bonds. The van der Waals surface area contributed by atoms with Crippen molar-refractivity contribution in [2.24, 2.45) is 4.99 Å². The third kappa shape index (κ3) is 5.49. The van der Waals surface area contributed by atoms with E-state index in [2.05, 4.69) is 88.1 Å². The summed E-state index contributed by atoms with van der Waals surface area (Å²) in [6.07, 6.45) is 4.42. The molecule has 2 N–H and O–H groups in total. The minimum Gasteiger partial charge on any atom is -0.364 e. The van der Waals surface area contributed by atoms with Crippen LogP contribution in [0.1, 0.15) is 24.1 Å². The molecule has 0 aliphatic carbocycles. The first-order valence-corrected chi connectivity index (χ1v) is 8.77. The van der Waals surface area contributed by atoms with Crippen molar-refractivity contribution < 1.29 is 0 Å². The summed E-state index contributed by atoms with van der Waals surface area (Å²) in [5.41, 5.74) is 3.76. The molecule has 0 saturated carbocycles. The van der Waals surface area contributed by atoms with E-state index in [1.165, 1.54) is 16.8 Å². The Morgan fingerprint density at radius 1 is 1.08 bits per heavy atom. The van der Waals surface area contributed by atoms with Crippen LogP contribution < -0.4 is 15.5 Å². The normalized spacial score (nSPS) is 14.7. The van der Waals surface area contributed by atoms with Gasteiger partial charge in [-0.05, 0) is 30.2 Å². The largest absolute Gasteiger partial charge is 0.364 e. The highest BCUT2D eigenvalue weighted by atomic mass is 127. The van der Waals surface area contributed by atoms with Gasteiger partial charge in [0.2, 0.25) is 0 Å². The van der Waals surface area contributed by atoms with Crippen LogP contribution in [-0.2, 0) is 6.54 Å². The lowest BCUT2D eigenvalue weighted by Gasteiger charge is -2.20. The van der Waals surface area contributed by atoms with E-state index < -0.39 is 0 Å². The molecular formula is C21H27IN4. The maximum absolute atomic E-state index is 4.34. The summed E-state index contributed by atoms with van der Waals surface area (Å²) in [6, 6.07) is 19.3. The van der Waals surface area contributed by atoms with E-state index in [4.69, 9.17) is 0 Å². The predicted octanol–water partition coefficient (Wildman–Crippen LogP) is 4.11. The van der Waals surface area contributed by atoms with Crippen molar-refractivity contribution >= 4 is 35.6 Å². The van der Waals surface area contributed by atoms with Crippen LogP contribution >= 0.6 is 24.0 Å². The maximum atomic E-state index is 4.34. The minimum absolute atomic E-state index is 0. The Morgan fingerprint density at radius 2 is 1.81 bits per heavy atom. The van der Waals surface area contributed by atoms with Crippen LogP contribution in [0, 0.1) is 0 Å². The molecule has 3 rings (SSSR count). The van der Waals surface area contributed by atoms with Gasteiger partial charge in [-0.15, -0.1) is 24.0 Å². The molecular weight excluding hydrogens is 435 g/mol. The van der Waals surface area contributed by atoms with Crippen LogP contribution in [0.5, 0.6) is 0 Å². The standard InChI is InChI=1S/C21H26N4.HI/c1-17(19-10-4-3-5-11-19)24-21(22-2)23-16-18-9-8-12-20(15-18)25-13-6-7-14-25;/h3-12,15,17H,13-14,16H2,1-2H3,(H2,22,23,24);1H. The van der Waals surface area contributed by atoms with Crippen LogP contribution in [0.3, 0.4) is 0 Å². The highest BCUT2D eigenvalue weighted by Crippen LogP contribution is 2.18. The van der Waals surface area contributed by atoms with Crippen LogP contribution in [0.4, 0.5) is 5.69 Å². The Kier molecular flexibility index (Phi) is 7.97. The monoisotopic (exact) mass is 462 g/mol. The van der Waals surface area contributed by atoms with E-state index in [9.17, 15) is 0 Å². The molecule has 1 atom stereocenters. The third-order valence-corrected chi connectivity index (χ3v) is 4.43. The zero-order chi connectivity index (χ0) is 17.5. The summed E-state index contributed by atoms with van der Waals surface area (Å²) in [4.78, 5) is 6.70. The second-order valence-corrected chi connectivity index (χ2v) is 6.25. The minimum atomic E-state index is 0. The van der Waals surface area contributed by atoms with Crippen LogP contribution in [-0.4, -0.2) is 26.1 Å². The Morgan fingerprint density at radius 3 is 2.50 bits per heavy atom. The fourth-order valence-corrected chi connectivity index (χ4v) is 2.96. The third-order valence-electron chi connectivity index (χ3n) is 4.43. The number of hydrogen-bond acceptors (Lipinski definition) is 2. The number of benzene rings is 2. The lowest BCUT2D eigenvalue weighted by molar-refractivity contribution is 0.685. The number of aliphatic imine (C=N–C) groups is 1. The molecule has 0 saturated heterocycles. The lowest BCUT2D eigenvalue weighted by atomic mass is 10.1. The fraction of sp³-hybridized carbons (Fsp3) is 0.286. The van der Waals surface area contributed by atoms with Gasteiger partial charge in [0.15, 0.2) is 5.96 Å². The zero-order valence-electron chi connectivity index (χ0n) is 15.4. The summed E-state index contributed by atoms with van der Waals surface area (Å²) < 4.78 is 0. The molecule has 1 aliphatic rings. The van der Waals surface area contributed by atoms with Crippen molar-refractivity contribution in [1.29, 1.82) is 0 Å². The molecule has 5 heteroatoms. The molecule has 2 aromatic rings. The number of hydrogen-bond donors (Lipinski definition) is 2. The summed E-state index contributed by atoms with van der Waals surface area (Å²) in [5, 5.41) is 6.85. The van der Waals surface area contributed by atoms with Gasteiger partial charge < -0.3 is 15.5 Å². The van der Waals surface area contributed by atoms with Crippen LogP contribution in [0.2, 0.25) is 0 Å². The second kappa shape index (κ2) is 10.2. The van der Waals surface area contributed by atoms with Gasteiger partial charge in [-0.25, -0.2) is 0 Å². The van der Waals surface area contributed by atoms with Gasteiger partial charge in [0.25, 0.3) is 0 Å². The van der Waals surface area contributed by atoms with Crippen molar-refractivity contribution in [2.75, 3.05) is 25.0 Å². The van der Waals surface area contributed by atoms with E-state index in [1.807, 2.05) is 6.07 Å². The Balaban J connectivity index is 0.00000243. The molecule has 26 heavy (non-hydrogen) atoms. The maximum Gasteiger partial charge on any atom is 0.191 e. The molecule has 0 aromatic heterocycles. The van der Waals surface area contributed by atoms with Gasteiger partial charge in [-0.3, -0.25) is 4.99 Å². The molecule has 0 fully saturated rings. The molecule has 1 unspecified atom stereocenters. The number of halogens is 1. The molecule has 0 radical (unpaired) electrons. The van der Waals surface area contributed by atoms with E-state index in [1.54, 1.807) is 7.05 Å². The highest BCUT2D eigenvalue weighted by Gasteiger charge is 2.09. The first kappa shape index (κ1) is 20.3. The van der Waals surface area contributed by atoms with Gasteiger partial charge >= 0.3 is 0 Å². The highest BCUT2D eigenvalue weighted by molar-refractivity contribution is 14.0. The van der Waals surface area contributed by atoms with Gasteiger partial charge in [0, 0.05) is 32.4 Å². The SMILES string of the molecule is CN=C(NCc1cccc(N2CC=CC2)c1)NC(C)c1ccccc1.I. The average Bonchev–Trinajstić information content (AvgIpc) is 3.21. The smallest absolute Gasteiger partial charge is 0.191 e. The molecule has 0 bridgehead atoms. The molecule has 2 aromatic carbocycles. The van der Waals surface area contributed by atoms with Gasteiger partial charge in [0.05, 0.1) is 6.04 Å².